The molecule has 0 radical (unpaired) electrons. The first-order chi connectivity index (χ1) is 11.7. The maximum Gasteiger partial charge on any atom is 0.264 e. The van der Waals surface area contributed by atoms with E-state index in [1.807, 2.05) is 11.0 Å². The number of nitrogens with zero attached hydrogens (tertiary/aromatic N) is 3. The molecule has 4 heterocycles. The molecular formula is C17H17N3O3S. The van der Waals surface area contributed by atoms with Gasteiger partial charge in [0, 0.05) is 43.3 Å². The first-order valence-corrected chi connectivity index (χ1v) is 8.77. The number of carbonyl (C=O) groups is 2. The smallest absolute Gasteiger partial charge is 0.264 e. The summed E-state index contributed by atoms with van der Waals surface area (Å²) < 4.78 is 5.30. The minimum Gasteiger partial charge on any atom is -0.378 e. The molecule has 0 saturated carbocycles. The molecule has 0 N–H and O–H groups in total. The summed E-state index contributed by atoms with van der Waals surface area (Å²) in [6.07, 6.45) is 4.02. The standard InChI is InChI=1S/C17H17N3O3S/c21-16(12-2-1-4-18-11-12)20-5-3-14-13(20)10-15(24-14)17(22)19-6-8-23-9-7-19/h1-2,4,10-11H,3,5-9H2. The van der Waals surface area contributed by atoms with E-state index in [9.17, 15) is 9.59 Å². The summed E-state index contributed by atoms with van der Waals surface area (Å²) in [4.78, 5) is 34.7. The highest BCUT2D eigenvalue weighted by atomic mass is 32.1. The van der Waals surface area contributed by atoms with E-state index in [-0.39, 0.29) is 11.8 Å². The number of ether oxygens (including phenoxy) is 1. The number of hydrogen-bond acceptors (Lipinski definition) is 5. The van der Waals surface area contributed by atoms with Gasteiger partial charge in [0.05, 0.1) is 29.3 Å². The molecule has 2 amide bonds. The third kappa shape index (κ3) is 2.70. The number of amides is 2. The molecule has 4 rings (SSSR count). The lowest BCUT2D eigenvalue weighted by Crippen LogP contribution is -2.40. The van der Waals surface area contributed by atoms with Gasteiger partial charge in [-0.3, -0.25) is 14.6 Å². The molecule has 2 aliphatic heterocycles. The summed E-state index contributed by atoms with van der Waals surface area (Å²) in [5, 5.41) is 0. The molecule has 124 valence electrons. The van der Waals surface area contributed by atoms with E-state index in [1.54, 1.807) is 29.4 Å². The highest BCUT2D eigenvalue weighted by molar-refractivity contribution is 7.14. The summed E-state index contributed by atoms with van der Waals surface area (Å²) in [5.74, 6) is -0.0310. The molecule has 1 saturated heterocycles. The molecule has 7 heteroatoms. The Labute approximate surface area is 143 Å². The predicted octanol–water partition coefficient (Wildman–Crippen LogP) is 1.82. The number of carbonyl (C=O) groups excluding carboxylic acids is 2. The third-order valence-corrected chi connectivity index (χ3v) is 5.47. The van der Waals surface area contributed by atoms with Crippen LogP contribution in [0.4, 0.5) is 5.69 Å². The van der Waals surface area contributed by atoms with Gasteiger partial charge in [0.15, 0.2) is 0 Å². The second-order valence-corrected chi connectivity index (χ2v) is 6.91. The Bertz CT molecular complexity index is 769. The Balaban J connectivity index is 1.57. The number of fused-ring (bicyclic) bond motifs is 1. The Morgan fingerprint density at radius 3 is 2.75 bits per heavy atom. The Morgan fingerprint density at radius 1 is 1.17 bits per heavy atom. The van der Waals surface area contributed by atoms with Crippen molar-refractivity contribution in [3.63, 3.8) is 0 Å². The van der Waals surface area contributed by atoms with Crippen molar-refractivity contribution >= 4 is 28.8 Å². The van der Waals surface area contributed by atoms with Crippen LogP contribution in [-0.4, -0.2) is 54.5 Å². The van der Waals surface area contributed by atoms with Gasteiger partial charge in [0.1, 0.15) is 0 Å². The fraction of sp³-hybridized carbons (Fsp3) is 0.353. The summed E-state index contributed by atoms with van der Waals surface area (Å²) in [5.41, 5.74) is 1.43. The molecule has 0 atom stereocenters. The van der Waals surface area contributed by atoms with Gasteiger partial charge in [-0.25, -0.2) is 0 Å². The lowest BCUT2D eigenvalue weighted by atomic mass is 10.2. The molecule has 1 fully saturated rings. The van der Waals surface area contributed by atoms with E-state index in [2.05, 4.69) is 4.98 Å². The van der Waals surface area contributed by atoms with Crippen LogP contribution in [0.25, 0.3) is 0 Å². The molecule has 0 spiro atoms. The van der Waals surface area contributed by atoms with E-state index in [0.29, 0.717) is 43.3 Å². The predicted molar refractivity (Wildman–Crippen MR) is 90.7 cm³/mol. The number of pyridine rings is 1. The average molecular weight is 343 g/mol. The van der Waals surface area contributed by atoms with Crippen LogP contribution in [0.5, 0.6) is 0 Å². The molecule has 2 aromatic heterocycles. The van der Waals surface area contributed by atoms with Crippen LogP contribution in [0.15, 0.2) is 30.6 Å². The summed E-state index contributed by atoms with van der Waals surface area (Å²) in [6, 6.07) is 5.38. The molecule has 6 nitrogen and oxygen atoms in total. The Kier molecular flexibility index (Phi) is 4.03. The molecule has 0 unspecified atom stereocenters. The van der Waals surface area contributed by atoms with Gasteiger partial charge >= 0.3 is 0 Å². The van der Waals surface area contributed by atoms with Gasteiger partial charge in [0.2, 0.25) is 0 Å². The Morgan fingerprint density at radius 2 is 2.00 bits per heavy atom. The fourth-order valence-electron chi connectivity index (χ4n) is 3.04. The van der Waals surface area contributed by atoms with Crippen LogP contribution in [0.2, 0.25) is 0 Å². The molecule has 0 aliphatic carbocycles. The van der Waals surface area contributed by atoms with E-state index < -0.39 is 0 Å². The van der Waals surface area contributed by atoms with Crippen molar-refractivity contribution in [1.82, 2.24) is 9.88 Å². The highest BCUT2D eigenvalue weighted by Gasteiger charge is 2.30. The van der Waals surface area contributed by atoms with E-state index in [1.165, 1.54) is 11.3 Å². The van der Waals surface area contributed by atoms with Crippen LogP contribution in [0.1, 0.15) is 24.9 Å². The monoisotopic (exact) mass is 343 g/mol. The molecule has 2 aromatic rings. The van der Waals surface area contributed by atoms with E-state index >= 15 is 0 Å². The van der Waals surface area contributed by atoms with Crippen LogP contribution in [0, 0.1) is 0 Å². The van der Waals surface area contributed by atoms with Crippen molar-refractivity contribution in [3.05, 3.63) is 45.9 Å². The minimum absolute atomic E-state index is 0.0338. The van der Waals surface area contributed by atoms with Crippen molar-refractivity contribution in [1.29, 1.82) is 0 Å². The Hall–Kier alpha value is -2.25. The van der Waals surface area contributed by atoms with Gasteiger partial charge in [-0.1, -0.05) is 0 Å². The lowest BCUT2D eigenvalue weighted by molar-refractivity contribution is 0.0306. The number of rotatable bonds is 2. The van der Waals surface area contributed by atoms with Crippen LogP contribution in [-0.2, 0) is 11.2 Å². The number of thiophene rings is 1. The summed E-state index contributed by atoms with van der Waals surface area (Å²) >= 11 is 1.50. The van der Waals surface area contributed by atoms with Crippen LogP contribution >= 0.6 is 11.3 Å². The zero-order chi connectivity index (χ0) is 16.5. The first-order valence-electron chi connectivity index (χ1n) is 7.95. The first kappa shape index (κ1) is 15.3. The van der Waals surface area contributed by atoms with Crippen LogP contribution < -0.4 is 4.90 Å². The number of anilines is 1. The largest absolute Gasteiger partial charge is 0.378 e. The van der Waals surface area contributed by atoms with E-state index in [0.717, 1.165) is 17.0 Å². The van der Waals surface area contributed by atoms with Crippen molar-refractivity contribution in [3.8, 4) is 0 Å². The van der Waals surface area contributed by atoms with Crippen LogP contribution in [0.3, 0.4) is 0 Å². The van der Waals surface area contributed by atoms with Gasteiger partial charge in [0.25, 0.3) is 11.8 Å². The molecule has 2 aliphatic rings. The van der Waals surface area contributed by atoms with Crippen molar-refractivity contribution in [2.45, 2.75) is 6.42 Å². The molecule has 0 bridgehead atoms. The highest BCUT2D eigenvalue weighted by Crippen LogP contribution is 2.37. The minimum atomic E-state index is -0.0648. The zero-order valence-electron chi connectivity index (χ0n) is 13.1. The van der Waals surface area contributed by atoms with Gasteiger partial charge in [-0.05, 0) is 18.2 Å². The zero-order valence-corrected chi connectivity index (χ0v) is 13.9. The second-order valence-electron chi connectivity index (χ2n) is 5.77. The third-order valence-electron chi connectivity index (χ3n) is 4.30. The topological polar surface area (TPSA) is 62.7 Å². The number of hydrogen-bond donors (Lipinski definition) is 0. The normalized spacial score (nSPS) is 17.0. The maximum atomic E-state index is 12.7. The molecule has 24 heavy (non-hydrogen) atoms. The van der Waals surface area contributed by atoms with Gasteiger partial charge in [-0.15, -0.1) is 11.3 Å². The summed E-state index contributed by atoms with van der Waals surface area (Å²) in [7, 11) is 0. The second kappa shape index (κ2) is 6.33. The quantitative estimate of drug-likeness (QED) is 0.834. The summed E-state index contributed by atoms with van der Waals surface area (Å²) in [6.45, 7) is 3.07. The number of aromatic nitrogens is 1. The average Bonchev–Trinajstić information content (AvgIpc) is 3.22. The SMILES string of the molecule is O=C(c1cc2c(s1)CCN2C(=O)c1cccnc1)N1CCOCC1. The molecule has 0 aromatic carbocycles. The van der Waals surface area contributed by atoms with Gasteiger partial charge < -0.3 is 14.5 Å². The number of morpholine rings is 1. The fourth-order valence-corrected chi connectivity index (χ4v) is 4.16. The maximum absolute atomic E-state index is 12.7. The lowest BCUT2D eigenvalue weighted by Gasteiger charge is -2.26. The van der Waals surface area contributed by atoms with Crippen molar-refractivity contribution in [2.24, 2.45) is 0 Å². The van der Waals surface area contributed by atoms with Crippen molar-refractivity contribution in [2.75, 3.05) is 37.7 Å². The van der Waals surface area contributed by atoms with Gasteiger partial charge in [-0.2, -0.15) is 0 Å². The molecular weight excluding hydrogens is 326 g/mol. The van der Waals surface area contributed by atoms with Crippen molar-refractivity contribution < 1.29 is 14.3 Å². The van der Waals surface area contributed by atoms with E-state index in [4.69, 9.17) is 4.74 Å².